The van der Waals surface area contributed by atoms with Crippen LogP contribution >= 0.6 is 11.3 Å². The number of benzene rings is 1. The molecule has 1 aromatic heterocycles. The van der Waals surface area contributed by atoms with E-state index in [1.54, 1.807) is 24.6 Å². The van der Waals surface area contributed by atoms with Crippen molar-refractivity contribution in [3.05, 3.63) is 35.8 Å². The predicted molar refractivity (Wildman–Crippen MR) is 54.1 cm³/mol. The van der Waals surface area contributed by atoms with Crippen molar-refractivity contribution >= 4 is 11.3 Å². The first kappa shape index (κ1) is 8.26. The van der Waals surface area contributed by atoms with Gasteiger partial charge in [-0.2, -0.15) is 0 Å². The van der Waals surface area contributed by atoms with Crippen molar-refractivity contribution < 1.29 is 4.74 Å². The van der Waals surface area contributed by atoms with E-state index in [-0.39, 0.29) is 0 Å². The average molecular weight is 191 g/mol. The molecule has 2 nitrogen and oxygen atoms in total. The van der Waals surface area contributed by atoms with Crippen LogP contribution < -0.4 is 4.74 Å². The molecule has 0 atom stereocenters. The maximum atomic E-state index is 5.13. The Morgan fingerprint density at radius 2 is 2.31 bits per heavy atom. The number of hydrogen-bond donors (Lipinski definition) is 0. The van der Waals surface area contributed by atoms with Crippen LogP contribution in [0.2, 0.25) is 0 Å². The Morgan fingerprint density at radius 3 is 3.00 bits per heavy atom. The monoisotopic (exact) mass is 191 g/mol. The van der Waals surface area contributed by atoms with Gasteiger partial charge in [0.15, 0.2) is 0 Å². The zero-order valence-electron chi connectivity index (χ0n) is 7.23. The van der Waals surface area contributed by atoms with E-state index in [0.717, 1.165) is 16.3 Å². The largest absolute Gasteiger partial charge is 0.497 e. The highest BCUT2D eigenvalue weighted by atomic mass is 32.1. The minimum absolute atomic E-state index is 0.868. The lowest BCUT2D eigenvalue weighted by Crippen LogP contribution is -1.82. The maximum absolute atomic E-state index is 5.13. The van der Waals surface area contributed by atoms with Crippen molar-refractivity contribution in [1.29, 1.82) is 0 Å². The van der Waals surface area contributed by atoms with E-state index >= 15 is 0 Å². The number of methoxy groups -OCH3 is 1. The topological polar surface area (TPSA) is 22.1 Å². The Kier molecular flexibility index (Phi) is 2.27. The molecule has 66 valence electrons. The first-order valence-electron chi connectivity index (χ1n) is 3.94. The zero-order chi connectivity index (χ0) is 9.10. The van der Waals surface area contributed by atoms with Crippen molar-refractivity contribution in [2.24, 2.45) is 0 Å². The molecule has 0 aliphatic carbocycles. The Bertz CT molecular complexity index is 384. The fraction of sp³-hybridized carbons (Fsp3) is 0.100. The lowest BCUT2D eigenvalue weighted by molar-refractivity contribution is 0.415. The van der Waals surface area contributed by atoms with E-state index in [1.807, 2.05) is 29.6 Å². The van der Waals surface area contributed by atoms with Gasteiger partial charge < -0.3 is 4.74 Å². The smallest absolute Gasteiger partial charge is 0.123 e. The zero-order valence-corrected chi connectivity index (χ0v) is 8.04. The number of nitrogens with zero attached hydrogens (tertiary/aromatic N) is 1. The summed E-state index contributed by atoms with van der Waals surface area (Å²) in [5, 5.41) is 2.99. The first-order valence-corrected chi connectivity index (χ1v) is 4.82. The molecular weight excluding hydrogens is 182 g/mol. The van der Waals surface area contributed by atoms with Crippen LogP contribution in [0.4, 0.5) is 0 Å². The Morgan fingerprint density at radius 1 is 1.38 bits per heavy atom. The number of rotatable bonds is 2. The van der Waals surface area contributed by atoms with Gasteiger partial charge in [-0.1, -0.05) is 12.1 Å². The molecule has 2 rings (SSSR count). The van der Waals surface area contributed by atoms with Crippen LogP contribution in [0.5, 0.6) is 5.75 Å². The van der Waals surface area contributed by atoms with Gasteiger partial charge in [-0.25, -0.2) is 4.98 Å². The van der Waals surface area contributed by atoms with Crippen LogP contribution in [0, 0.1) is 0 Å². The van der Waals surface area contributed by atoms with Gasteiger partial charge in [0.25, 0.3) is 0 Å². The van der Waals surface area contributed by atoms with E-state index in [4.69, 9.17) is 4.74 Å². The van der Waals surface area contributed by atoms with Crippen LogP contribution in [-0.4, -0.2) is 12.1 Å². The molecule has 13 heavy (non-hydrogen) atoms. The van der Waals surface area contributed by atoms with E-state index in [0.29, 0.717) is 0 Å². The second-order valence-electron chi connectivity index (χ2n) is 2.57. The van der Waals surface area contributed by atoms with E-state index in [1.165, 1.54) is 0 Å². The summed E-state index contributed by atoms with van der Waals surface area (Å²) in [6.45, 7) is 0. The third-order valence-corrected chi connectivity index (χ3v) is 2.57. The lowest BCUT2D eigenvalue weighted by Gasteiger charge is -2.00. The van der Waals surface area contributed by atoms with Gasteiger partial charge in [0.05, 0.1) is 7.11 Å². The van der Waals surface area contributed by atoms with Gasteiger partial charge in [0.1, 0.15) is 10.8 Å². The van der Waals surface area contributed by atoms with Crippen molar-refractivity contribution in [3.8, 4) is 16.3 Å². The molecule has 0 unspecified atom stereocenters. The predicted octanol–water partition coefficient (Wildman–Crippen LogP) is 2.82. The summed E-state index contributed by atoms with van der Waals surface area (Å²) >= 11 is 1.63. The highest BCUT2D eigenvalue weighted by molar-refractivity contribution is 7.13. The lowest BCUT2D eigenvalue weighted by atomic mass is 10.2. The van der Waals surface area contributed by atoms with Crippen molar-refractivity contribution in [1.82, 2.24) is 4.98 Å². The summed E-state index contributed by atoms with van der Waals surface area (Å²) < 4.78 is 5.13. The second kappa shape index (κ2) is 3.58. The van der Waals surface area contributed by atoms with Crippen molar-refractivity contribution in [2.75, 3.05) is 7.11 Å². The Labute approximate surface area is 80.8 Å². The van der Waals surface area contributed by atoms with Gasteiger partial charge in [-0.15, -0.1) is 11.3 Å². The summed E-state index contributed by atoms with van der Waals surface area (Å²) in [4.78, 5) is 4.22. The standard InChI is InChI=1S/C10H9NOS/c1-12-9-4-2-3-8(7-9)10-11-5-6-13-10/h2-7H,1H3. The van der Waals surface area contributed by atoms with Gasteiger partial charge in [0.2, 0.25) is 0 Å². The quantitative estimate of drug-likeness (QED) is 0.728. The molecule has 0 amide bonds. The van der Waals surface area contributed by atoms with Crippen LogP contribution in [0.25, 0.3) is 10.6 Å². The van der Waals surface area contributed by atoms with E-state index < -0.39 is 0 Å². The number of thiazole rings is 1. The van der Waals surface area contributed by atoms with Crippen LogP contribution in [0.1, 0.15) is 0 Å². The maximum Gasteiger partial charge on any atom is 0.123 e. The molecule has 1 aromatic carbocycles. The summed E-state index contributed by atoms with van der Waals surface area (Å²) in [5.74, 6) is 0.868. The van der Waals surface area contributed by atoms with Gasteiger partial charge in [-0.3, -0.25) is 0 Å². The molecule has 0 radical (unpaired) electrons. The molecule has 0 saturated heterocycles. The Balaban J connectivity index is 2.41. The van der Waals surface area contributed by atoms with Crippen molar-refractivity contribution in [3.63, 3.8) is 0 Å². The van der Waals surface area contributed by atoms with Crippen LogP contribution in [0.15, 0.2) is 35.8 Å². The second-order valence-corrected chi connectivity index (χ2v) is 3.46. The third kappa shape index (κ3) is 1.70. The first-order chi connectivity index (χ1) is 6.40. The number of hydrogen-bond acceptors (Lipinski definition) is 3. The Hall–Kier alpha value is -1.35. The molecule has 0 bridgehead atoms. The number of aromatic nitrogens is 1. The van der Waals surface area contributed by atoms with Gasteiger partial charge in [0, 0.05) is 17.1 Å². The molecule has 1 heterocycles. The highest BCUT2D eigenvalue weighted by Gasteiger charge is 2.00. The molecule has 0 N–H and O–H groups in total. The summed E-state index contributed by atoms with van der Waals surface area (Å²) in [7, 11) is 1.67. The molecule has 0 aliphatic heterocycles. The molecule has 2 aromatic rings. The van der Waals surface area contributed by atoms with Crippen LogP contribution in [-0.2, 0) is 0 Å². The normalized spacial score (nSPS) is 9.92. The molecule has 0 aliphatic rings. The average Bonchev–Trinajstić information content (AvgIpc) is 2.71. The van der Waals surface area contributed by atoms with Gasteiger partial charge in [-0.05, 0) is 12.1 Å². The van der Waals surface area contributed by atoms with E-state index in [9.17, 15) is 0 Å². The van der Waals surface area contributed by atoms with Gasteiger partial charge >= 0.3 is 0 Å². The molecule has 0 spiro atoms. The van der Waals surface area contributed by atoms with Crippen LogP contribution in [0.3, 0.4) is 0 Å². The SMILES string of the molecule is COc1cccc(-c2nccs2)c1. The number of ether oxygens (including phenoxy) is 1. The molecule has 0 fully saturated rings. The van der Waals surface area contributed by atoms with Crippen molar-refractivity contribution in [2.45, 2.75) is 0 Å². The summed E-state index contributed by atoms with van der Waals surface area (Å²) in [6, 6.07) is 7.91. The molecular formula is C10H9NOS. The summed E-state index contributed by atoms with van der Waals surface area (Å²) in [6.07, 6.45) is 1.81. The molecule has 3 heteroatoms. The minimum Gasteiger partial charge on any atom is -0.497 e. The fourth-order valence-electron chi connectivity index (χ4n) is 1.12. The third-order valence-electron chi connectivity index (χ3n) is 1.75. The molecule has 0 saturated carbocycles. The summed E-state index contributed by atoms with van der Waals surface area (Å²) in [5.41, 5.74) is 1.11. The fourth-order valence-corrected chi connectivity index (χ4v) is 1.76. The van der Waals surface area contributed by atoms with E-state index in [2.05, 4.69) is 4.98 Å². The highest BCUT2D eigenvalue weighted by Crippen LogP contribution is 2.24. The minimum atomic E-state index is 0.868.